The lowest BCUT2D eigenvalue weighted by molar-refractivity contribution is 0.0955. The van der Waals surface area contributed by atoms with Gasteiger partial charge in [-0.2, -0.15) is 5.10 Å². The number of methoxy groups -OCH3 is 1. The monoisotopic (exact) mass is 282 g/mol. The second kappa shape index (κ2) is 6.70. The molecule has 0 fully saturated rings. The van der Waals surface area contributed by atoms with E-state index in [1.807, 2.05) is 26.0 Å². The third kappa shape index (κ3) is 3.92. The van der Waals surface area contributed by atoms with Crippen LogP contribution in [-0.2, 0) is 0 Å². The Balaban J connectivity index is 2.01. The number of carbonyl (C=O) groups is 1. The van der Waals surface area contributed by atoms with E-state index in [2.05, 4.69) is 16.6 Å². The number of benzene rings is 2. The fourth-order valence-electron chi connectivity index (χ4n) is 1.94. The largest absolute Gasteiger partial charge is 0.497 e. The second-order valence-electron chi connectivity index (χ2n) is 4.79. The van der Waals surface area contributed by atoms with Crippen LogP contribution in [0.1, 0.15) is 27.0 Å². The van der Waals surface area contributed by atoms with Crippen molar-refractivity contribution < 1.29 is 9.53 Å². The Morgan fingerprint density at radius 3 is 2.48 bits per heavy atom. The van der Waals surface area contributed by atoms with Gasteiger partial charge >= 0.3 is 0 Å². The van der Waals surface area contributed by atoms with Crippen LogP contribution in [0.15, 0.2) is 47.6 Å². The van der Waals surface area contributed by atoms with Crippen molar-refractivity contribution in [3.8, 4) is 5.75 Å². The molecule has 0 heterocycles. The van der Waals surface area contributed by atoms with Crippen molar-refractivity contribution in [3.05, 3.63) is 64.7 Å². The summed E-state index contributed by atoms with van der Waals surface area (Å²) in [7, 11) is 1.59. The summed E-state index contributed by atoms with van der Waals surface area (Å²) >= 11 is 0. The van der Waals surface area contributed by atoms with Crippen molar-refractivity contribution >= 4 is 12.1 Å². The molecule has 0 bridgehead atoms. The van der Waals surface area contributed by atoms with Gasteiger partial charge in [-0.15, -0.1) is 0 Å². The number of nitrogens with zero attached hydrogens (tertiary/aromatic N) is 1. The zero-order valence-electron chi connectivity index (χ0n) is 12.4. The van der Waals surface area contributed by atoms with E-state index in [0.29, 0.717) is 11.3 Å². The van der Waals surface area contributed by atoms with Crippen molar-refractivity contribution in [2.45, 2.75) is 13.8 Å². The van der Waals surface area contributed by atoms with Gasteiger partial charge in [-0.25, -0.2) is 5.43 Å². The molecule has 4 nitrogen and oxygen atoms in total. The van der Waals surface area contributed by atoms with Gasteiger partial charge in [0.1, 0.15) is 5.75 Å². The zero-order valence-corrected chi connectivity index (χ0v) is 12.4. The van der Waals surface area contributed by atoms with Crippen molar-refractivity contribution in [2.24, 2.45) is 5.10 Å². The maximum Gasteiger partial charge on any atom is 0.271 e. The molecule has 0 saturated carbocycles. The molecule has 2 aromatic rings. The Morgan fingerprint density at radius 2 is 1.86 bits per heavy atom. The predicted molar refractivity (Wildman–Crippen MR) is 84.0 cm³/mol. The molecule has 0 unspecified atom stereocenters. The van der Waals surface area contributed by atoms with E-state index in [1.54, 1.807) is 37.6 Å². The molecule has 108 valence electrons. The molecule has 0 spiro atoms. The minimum Gasteiger partial charge on any atom is -0.497 e. The molecule has 1 amide bonds. The van der Waals surface area contributed by atoms with E-state index in [9.17, 15) is 4.79 Å². The molecule has 4 heteroatoms. The Kier molecular flexibility index (Phi) is 4.72. The maximum atomic E-state index is 11.9. The number of hydrazone groups is 1. The van der Waals surface area contributed by atoms with Crippen LogP contribution in [0, 0.1) is 13.8 Å². The van der Waals surface area contributed by atoms with Crippen molar-refractivity contribution in [3.63, 3.8) is 0 Å². The fraction of sp³-hybridized carbons (Fsp3) is 0.176. The molecule has 0 aliphatic carbocycles. The van der Waals surface area contributed by atoms with Crippen LogP contribution >= 0.6 is 0 Å². The quantitative estimate of drug-likeness (QED) is 0.692. The summed E-state index contributed by atoms with van der Waals surface area (Å²) in [6, 6.07) is 12.9. The van der Waals surface area contributed by atoms with Crippen LogP contribution in [0.2, 0.25) is 0 Å². The molecule has 0 saturated heterocycles. The number of ether oxygens (including phenoxy) is 1. The van der Waals surface area contributed by atoms with Gasteiger partial charge in [-0.05, 0) is 49.2 Å². The first kappa shape index (κ1) is 14.8. The molecule has 0 atom stereocenters. The highest BCUT2D eigenvalue weighted by atomic mass is 16.5. The van der Waals surface area contributed by atoms with Crippen LogP contribution < -0.4 is 10.2 Å². The minimum absolute atomic E-state index is 0.251. The number of carbonyl (C=O) groups excluding carboxylic acids is 1. The normalized spacial score (nSPS) is 10.6. The number of amides is 1. The zero-order chi connectivity index (χ0) is 15.2. The predicted octanol–water partition coefficient (Wildman–Crippen LogP) is 3.08. The molecule has 2 rings (SSSR count). The van der Waals surface area contributed by atoms with Gasteiger partial charge in [-0.1, -0.05) is 23.8 Å². The van der Waals surface area contributed by atoms with Crippen LogP contribution in [0.4, 0.5) is 0 Å². The number of aryl methyl sites for hydroxylation is 2. The lowest BCUT2D eigenvalue weighted by atomic mass is 10.1. The summed E-state index contributed by atoms with van der Waals surface area (Å²) in [6.07, 6.45) is 1.65. The van der Waals surface area contributed by atoms with Gasteiger partial charge in [0.25, 0.3) is 5.91 Å². The summed E-state index contributed by atoms with van der Waals surface area (Å²) < 4.78 is 5.05. The average Bonchev–Trinajstić information content (AvgIpc) is 2.49. The van der Waals surface area contributed by atoms with Crippen molar-refractivity contribution in [1.29, 1.82) is 0 Å². The molecule has 1 N–H and O–H groups in total. The third-order valence-electron chi connectivity index (χ3n) is 3.15. The van der Waals surface area contributed by atoms with E-state index >= 15 is 0 Å². The van der Waals surface area contributed by atoms with Gasteiger partial charge in [-0.3, -0.25) is 4.79 Å². The summed E-state index contributed by atoms with van der Waals surface area (Å²) in [4.78, 5) is 11.9. The van der Waals surface area contributed by atoms with E-state index in [-0.39, 0.29) is 5.91 Å². The van der Waals surface area contributed by atoms with Gasteiger partial charge in [0.15, 0.2) is 0 Å². The Morgan fingerprint density at radius 1 is 1.14 bits per heavy atom. The first-order valence-electron chi connectivity index (χ1n) is 6.65. The van der Waals surface area contributed by atoms with Crippen LogP contribution in [0.5, 0.6) is 5.75 Å². The lowest BCUT2D eigenvalue weighted by Crippen LogP contribution is -2.17. The number of rotatable bonds is 4. The highest BCUT2D eigenvalue weighted by molar-refractivity contribution is 5.95. The van der Waals surface area contributed by atoms with E-state index < -0.39 is 0 Å². The van der Waals surface area contributed by atoms with Gasteiger partial charge in [0.2, 0.25) is 0 Å². The molecule has 21 heavy (non-hydrogen) atoms. The summed E-state index contributed by atoms with van der Waals surface area (Å²) in [6.45, 7) is 4.05. The average molecular weight is 282 g/mol. The molecule has 0 radical (unpaired) electrons. The first-order chi connectivity index (χ1) is 10.1. The van der Waals surface area contributed by atoms with Crippen LogP contribution in [0.25, 0.3) is 0 Å². The van der Waals surface area contributed by atoms with Crippen molar-refractivity contribution in [2.75, 3.05) is 7.11 Å². The molecule has 2 aromatic carbocycles. The smallest absolute Gasteiger partial charge is 0.271 e. The van der Waals surface area contributed by atoms with Gasteiger partial charge < -0.3 is 4.74 Å². The molecule has 0 aliphatic rings. The van der Waals surface area contributed by atoms with Crippen LogP contribution in [-0.4, -0.2) is 19.2 Å². The topological polar surface area (TPSA) is 50.7 Å². The Bertz CT molecular complexity index is 661. The Labute approximate surface area is 124 Å². The van der Waals surface area contributed by atoms with Crippen molar-refractivity contribution in [1.82, 2.24) is 5.43 Å². The summed E-state index contributed by atoms with van der Waals surface area (Å²) in [5.74, 6) is 0.462. The molecule has 0 aromatic heterocycles. The minimum atomic E-state index is -0.251. The van der Waals surface area contributed by atoms with Gasteiger partial charge in [0.05, 0.1) is 13.3 Å². The van der Waals surface area contributed by atoms with E-state index in [1.165, 1.54) is 5.56 Å². The SMILES string of the molecule is COc1ccc(C(=O)N/N=C/c2ccc(C)cc2C)cc1. The highest BCUT2D eigenvalue weighted by Crippen LogP contribution is 2.11. The Hall–Kier alpha value is -2.62. The van der Waals surface area contributed by atoms with Gasteiger partial charge in [0, 0.05) is 5.56 Å². The third-order valence-corrected chi connectivity index (χ3v) is 3.15. The molecular weight excluding hydrogens is 264 g/mol. The summed E-state index contributed by atoms with van der Waals surface area (Å²) in [5.41, 5.74) is 6.36. The molecular formula is C17H18N2O2. The first-order valence-corrected chi connectivity index (χ1v) is 6.65. The molecule has 0 aliphatic heterocycles. The van der Waals surface area contributed by atoms with E-state index in [0.717, 1.165) is 11.1 Å². The summed E-state index contributed by atoms with van der Waals surface area (Å²) in [5, 5.41) is 4.00. The van der Waals surface area contributed by atoms with Crippen LogP contribution in [0.3, 0.4) is 0 Å². The standard InChI is InChI=1S/C17H18N2O2/c1-12-4-5-15(13(2)10-12)11-18-19-17(20)14-6-8-16(21-3)9-7-14/h4-11H,1-3H3,(H,19,20)/b18-11+. The number of hydrogen-bond acceptors (Lipinski definition) is 3. The second-order valence-corrected chi connectivity index (χ2v) is 4.79. The number of nitrogens with one attached hydrogen (secondary N) is 1. The van der Waals surface area contributed by atoms with E-state index in [4.69, 9.17) is 4.74 Å². The highest BCUT2D eigenvalue weighted by Gasteiger charge is 2.03. The fourth-order valence-corrected chi connectivity index (χ4v) is 1.94. The number of hydrogen-bond donors (Lipinski definition) is 1. The maximum absolute atomic E-state index is 11.9. The lowest BCUT2D eigenvalue weighted by Gasteiger charge is -2.03.